The Balaban J connectivity index is 1.48. The van der Waals surface area contributed by atoms with E-state index in [1.165, 1.54) is 28.9 Å². The molecule has 0 aliphatic rings. The zero-order chi connectivity index (χ0) is 26.0. The summed E-state index contributed by atoms with van der Waals surface area (Å²) in [5, 5.41) is 8.50. The van der Waals surface area contributed by atoms with Crippen LogP contribution in [0.2, 0.25) is 0 Å². The van der Waals surface area contributed by atoms with E-state index in [4.69, 9.17) is 0 Å². The molecule has 0 aliphatic heterocycles. The Bertz CT molecular complexity index is 1480. The van der Waals surface area contributed by atoms with Crippen LogP contribution in [-0.4, -0.2) is 31.0 Å². The first-order valence-corrected chi connectivity index (χ1v) is 10.7. The number of carbonyl (C=O) groups excluding carboxylic acids is 2. The van der Waals surface area contributed by atoms with Gasteiger partial charge in [0.05, 0.1) is 11.4 Å². The second-order valence-corrected chi connectivity index (χ2v) is 7.92. The zero-order valence-electron chi connectivity index (χ0n) is 19.2. The van der Waals surface area contributed by atoms with Gasteiger partial charge in [-0.05, 0) is 43.3 Å². The Kier molecular flexibility index (Phi) is 6.51. The molecule has 2 aromatic heterocycles. The summed E-state index contributed by atoms with van der Waals surface area (Å²) in [5.74, 6) is -1.20. The molecule has 0 fully saturated rings. The summed E-state index contributed by atoms with van der Waals surface area (Å²) in [5.41, 5.74) is 0.201. The number of para-hydroxylation sites is 1. The molecule has 0 bridgehead atoms. The predicted molar refractivity (Wildman–Crippen MR) is 126 cm³/mol. The highest BCUT2D eigenvalue weighted by atomic mass is 19.4. The molecule has 0 atom stereocenters. The molecule has 0 unspecified atom stereocenters. The van der Waals surface area contributed by atoms with Gasteiger partial charge in [0, 0.05) is 24.5 Å². The molecule has 4 rings (SSSR count). The Hall–Kier alpha value is -4.61. The van der Waals surface area contributed by atoms with E-state index in [-0.39, 0.29) is 16.9 Å². The van der Waals surface area contributed by atoms with Crippen molar-refractivity contribution in [3.8, 4) is 5.69 Å². The third kappa shape index (κ3) is 5.06. The van der Waals surface area contributed by atoms with Crippen molar-refractivity contribution in [1.29, 1.82) is 0 Å². The fraction of sp³-hybridized carbons (Fsp3) is 0.167. The van der Waals surface area contributed by atoms with Crippen molar-refractivity contribution >= 4 is 23.2 Å². The van der Waals surface area contributed by atoms with E-state index in [1.807, 2.05) is 6.07 Å². The van der Waals surface area contributed by atoms with Gasteiger partial charge in [-0.15, -0.1) is 0 Å². The maximum absolute atomic E-state index is 13.0. The summed E-state index contributed by atoms with van der Waals surface area (Å²) in [6.07, 6.45) is -3.55. The van der Waals surface area contributed by atoms with Gasteiger partial charge in [0.2, 0.25) is 5.91 Å². The monoisotopic (exact) mass is 498 g/mol. The molecule has 2 aromatic carbocycles. The van der Waals surface area contributed by atoms with Crippen LogP contribution in [0.5, 0.6) is 0 Å². The van der Waals surface area contributed by atoms with Crippen molar-refractivity contribution in [2.24, 2.45) is 7.05 Å². The molecular formula is C24H21F3N6O3. The van der Waals surface area contributed by atoms with Crippen molar-refractivity contribution in [2.75, 3.05) is 10.6 Å². The molecule has 36 heavy (non-hydrogen) atoms. The van der Waals surface area contributed by atoms with E-state index in [2.05, 4.69) is 15.7 Å². The Morgan fingerprint density at radius 1 is 1.00 bits per heavy atom. The average Bonchev–Trinajstić information content (AvgIpc) is 3.38. The van der Waals surface area contributed by atoms with Crippen LogP contribution in [0, 0.1) is 6.92 Å². The van der Waals surface area contributed by atoms with Crippen LogP contribution in [0.4, 0.5) is 24.5 Å². The number of carbonyl (C=O) groups is 2. The van der Waals surface area contributed by atoms with Crippen molar-refractivity contribution in [3.05, 3.63) is 94.2 Å². The SMILES string of the molecule is Cc1c(NC(=O)c2cccc(NC(=O)Cn3ccc(C(F)(F)F)n3)c2)c(=O)n(-c2ccccc2)n1C. The molecule has 4 aromatic rings. The number of halogens is 3. The lowest BCUT2D eigenvalue weighted by Gasteiger charge is -2.08. The van der Waals surface area contributed by atoms with Crippen LogP contribution in [0.3, 0.4) is 0 Å². The zero-order valence-corrected chi connectivity index (χ0v) is 19.2. The summed E-state index contributed by atoms with van der Waals surface area (Å²) >= 11 is 0. The largest absolute Gasteiger partial charge is 0.435 e. The first kappa shape index (κ1) is 24.5. The van der Waals surface area contributed by atoms with Crippen molar-refractivity contribution < 1.29 is 22.8 Å². The van der Waals surface area contributed by atoms with Gasteiger partial charge in [0.1, 0.15) is 12.2 Å². The van der Waals surface area contributed by atoms with Crippen LogP contribution in [-0.2, 0) is 24.6 Å². The van der Waals surface area contributed by atoms with Gasteiger partial charge in [-0.25, -0.2) is 4.68 Å². The second-order valence-electron chi connectivity index (χ2n) is 7.92. The van der Waals surface area contributed by atoms with Gasteiger partial charge < -0.3 is 10.6 Å². The summed E-state index contributed by atoms with van der Waals surface area (Å²) in [4.78, 5) is 38.2. The lowest BCUT2D eigenvalue weighted by Crippen LogP contribution is -2.23. The number of amides is 2. The molecule has 9 nitrogen and oxygen atoms in total. The first-order chi connectivity index (χ1) is 17.0. The normalized spacial score (nSPS) is 11.4. The number of hydrogen-bond acceptors (Lipinski definition) is 4. The highest BCUT2D eigenvalue weighted by Gasteiger charge is 2.33. The number of nitrogens with one attached hydrogen (secondary N) is 2. The number of anilines is 2. The number of aromatic nitrogens is 4. The number of nitrogens with zero attached hydrogens (tertiary/aromatic N) is 4. The number of rotatable bonds is 6. The van der Waals surface area contributed by atoms with E-state index in [0.717, 1.165) is 16.9 Å². The van der Waals surface area contributed by atoms with Gasteiger partial charge in [0.15, 0.2) is 5.69 Å². The number of hydrogen-bond donors (Lipinski definition) is 2. The quantitative estimate of drug-likeness (QED) is 0.424. The molecule has 0 saturated heterocycles. The Morgan fingerprint density at radius 2 is 1.72 bits per heavy atom. The third-order valence-electron chi connectivity index (χ3n) is 5.44. The molecule has 0 radical (unpaired) electrons. The van der Waals surface area contributed by atoms with Crippen LogP contribution < -0.4 is 16.2 Å². The Labute approximate surface area is 202 Å². The summed E-state index contributed by atoms with van der Waals surface area (Å²) in [6.45, 7) is 1.25. The van der Waals surface area contributed by atoms with Gasteiger partial charge in [-0.1, -0.05) is 24.3 Å². The minimum atomic E-state index is -4.61. The lowest BCUT2D eigenvalue weighted by atomic mass is 10.2. The lowest BCUT2D eigenvalue weighted by molar-refractivity contribution is -0.141. The van der Waals surface area contributed by atoms with Gasteiger partial charge in [-0.3, -0.25) is 23.7 Å². The third-order valence-corrected chi connectivity index (χ3v) is 5.44. The summed E-state index contributed by atoms with van der Waals surface area (Å²) in [6, 6.07) is 15.7. The maximum Gasteiger partial charge on any atom is 0.435 e. The minimum Gasteiger partial charge on any atom is -0.324 e. The topological polar surface area (TPSA) is 103 Å². The molecule has 2 N–H and O–H groups in total. The van der Waals surface area contributed by atoms with Crippen LogP contribution in [0.15, 0.2) is 71.7 Å². The molecule has 0 aliphatic carbocycles. The van der Waals surface area contributed by atoms with E-state index in [1.54, 1.807) is 42.9 Å². The van der Waals surface area contributed by atoms with E-state index in [9.17, 15) is 27.6 Å². The fourth-order valence-electron chi connectivity index (χ4n) is 3.58. The smallest absolute Gasteiger partial charge is 0.324 e. The van der Waals surface area contributed by atoms with Gasteiger partial charge in [-0.2, -0.15) is 18.3 Å². The molecule has 12 heteroatoms. The second kappa shape index (κ2) is 9.56. The molecule has 2 amide bonds. The first-order valence-electron chi connectivity index (χ1n) is 10.7. The highest BCUT2D eigenvalue weighted by Crippen LogP contribution is 2.27. The predicted octanol–water partition coefficient (Wildman–Crippen LogP) is 3.59. The van der Waals surface area contributed by atoms with Crippen molar-refractivity contribution in [3.63, 3.8) is 0 Å². The standard InChI is InChI=1S/C24H21F3N6O3/c1-15-21(23(36)33(31(15)2)18-9-4-3-5-10-18)29-22(35)16-7-6-8-17(13-16)28-20(34)14-32-12-11-19(30-32)24(25,26)27/h3-13H,14H2,1-2H3,(H,28,34)(H,29,35). The molecule has 0 saturated carbocycles. The fourth-order valence-corrected chi connectivity index (χ4v) is 3.58. The maximum atomic E-state index is 13.0. The Morgan fingerprint density at radius 3 is 2.39 bits per heavy atom. The number of benzene rings is 2. The van der Waals surface area contributed by atoms with E-state index >= 15 is 0 Å². The van der Waals surface area contributed by atoms with Gasteiger partial charge >= 0.3 is 6.18 Å². The van der Waals surface area contributed by atoms with Crippen LogP contribution >= 0.6 is 0 Å². The van der Waals surface area contributed by atoms with Crippen molar-refractivity contribution in [1.82, 2.24) is 19.1 Å². The van der Waals surface area contributed by atoms with Crippen LogP contribution in [0.25, 0.3) is 5.69 Å². The van der Waals surface area contributed by atoms with Crippen LogP contribution in [0.1, 0.15) is 21.7 Å². The van der Waals surface area contributed by atoms with Crippen molar-refractivity contribution in [2.45, 2.75) is 19.6 Å². The summed E-state index contributed by atoms with van der Waals surface area (Å²) in [7, 11) is 1.70. The van der Waals surface area contributed by atoms with E-state index < -0.39 is 35.8 Å². The highest BCUT2D eigenvalue weighted by molar-refractivity contribution is 6.05. The average molecular weight is 498 g/mol. The van der Waals surface area contributed by atoms with Gasteiger partial charge in [0.25, 0.3) is 11.5 Å². The minimum absolute atomic E-state index is 0.111. The molecule has 2 heterocycles. The molecule has 0 spiro atoms. The molecular weight excluding hydrogens is 477 g/mol. The summed E-state index contributed by atoms with van der Waals surface area (Å²) < 4.78 is 42.0. The molecule has 186 valence electrons. The van der Waals surface area contributed by atoms with E-state index in [0.29, 0.717) is 11.4 Å². The number of alkyl halides is 3.